The first-order valence-corrected chi connectivity index (χ1v) is 11.2. The maximum atomic E-state index is 11.2. The van der Waals surface area contributed by atoms with Crippen LogP contribution in [0.2, 0.25) is 0 Å². The van der Waals surface area contributed by atoms with Crippen molar-refractivity contribution in [3.63, 3.8) is 0 Å². The van der Waals surface area contributed by atoms with Gasteiger partial charge in [-0.2, -0.15) is 5.10 Å². The Bertz CT molecular complexity index is 997. The fourth-order valence-corrected chi connectivity index (χ4v) is 3.41. The molecule has 6 nitrogen and oxygen atoms in total. The van der Waals surface area contributed by atoms with Crippen LogP contribution in [0.15, 0.2) is 60.8 Å². The predicted molar refractivity (Wildman–Crippen MR) is 113 cm³/mol. The van der Waals surface area contributed by atoms with Gasteiger partial charge in [-0.15, -0.1) is 0 Å². The van der Waals surface area contributed by atoms with Gasteiger partial charge in [0.15, 0.2) is 0 Å². The van der Waals surface area contributed by atoms with Gasteiger partial charge in [0.1, 0.15) is 0 Å². The molecule has 0 aliphatic carbocycles. The standard InChI is InChI=1S/C21H26N4O2S/c1-3-17-9-11-18(12-10-17)21-19(15-22-13-14-23-28(2,26)27)16-25(24-21)20-7-5-4-6-8-20/h4-12,16,22-23H,3,13-15H2,1-2H3. The van der Waals surface area contributed by atoms with Crippen LogP contribution in [-0.4, -0.2) is 37.5 Å². The van der Waals surface area contributed by atoms with Gasteiger partial charge in [-0.1, -0.05) is 49.4 Å². The Morgan fingerprint density at radius 3 is 2.36 bits per heavy atom. The van der Waals surface area contributed by atoms with Crippen molar-refractivity contribution in [2.45, 2.75) is 19.9 Å². The highest BCUT2D eigenvalue weighted by molar-refractivity contribution is 7.88. The van der Waals surface area contributed by atoms with Gasteiger partial charge in [0.25, 0.3) is 0 Å². The normalized spacial score (nSPS) is 11.6. The second kappa shape index (κ2) is 9.14. The Morgan fingerprint density at radius 1 is 1.00 bits per heavy atom. The topological polar surface area (TPSA) is 76.0 Å². The molecule has 1 heterocycles. The molecule has 3 rings (SSSR count). The second-order valence-electron chi connectivity index (χ2n) is 6.68. The summed E-state index contributed by atoms with van der Waals surface area (Å²) >= 11 is 0. The molecular weight excluding hydrogens is 372 g/mol. The molecule has 0 saturated heterocycles. The molecule has 7 heteroatoms. The van der Waals surface area contributed by atoms with Crippen LogP contribution in [0.1, 0.15) is 18.1 Å². The molecule has 2 aromatic carbocycles. The zero-order valence-electron chi connectivity index (χ0n) is 16.2. The third-order valence-electron chi connectivity index (χ3n) is 4.43. The zero-order chi connectivity index (χ0) is 20.0. The zero-order valence-corrected chi connectivity index (χ0v) is 17.0. The number of para-hydroxylation sites is 1. The Labute approximate surface area is 166 Å². The molecule has 0 aliphatic heterocycles. The SMILES string of the molecule is CCc1ccc(-c2nn(-c3ccccc3)cc2CNCCNS(C)(=O)=O)cc1. The predicted octanol–water partition coefficient (Wildman–Crippen LogP) is 2.74. The van der Waals surface area contributed by atoms with E-state index in [9.17, 15) is 8.42 Å². The highest BCUT2D eigenvalue weighted by atomic mass is 32.2. The number of benzene rings is 2. The van der Waals surface area contributed by atoms with Crippen LogP contribution in [0.3, 0.4) is 0 Å². The molecule has 0 radical (unpaired) electrons. The first kappa shape index (κ1) is 20.3. The van der Waals surface area contributed by atoms with Crippen molar-refractivity contribution in [2.24, 2.45) is 0 Å². The number of rotatable bonds is 9. The smallest absolute Gasteiger partial charge is 0.208 e. The number of nitrogens with zero attached hydrogens (tertiary/aromatic N) is 2. The lowest BCUT2D eigenvalue weighted by Crippen LogP contribution is -2.30. The molecule has 1 aromatic heterocycles. The fraction of sp³-hybridized carbons (Fsp3) is 0.286. The maximum Gasteiger partial charge on any atom is 0.208 e. The van der Waals surface area contributed by atoms with E-state index in [-0.39, 0.29) is 0 Å². The Hall–Kier alpha value is -2.48. The fourth-order valence-electron chi connectivity index (χ4n) is 2.94. The summed E-state index contributed by atoms with van der Waals surface area (Å²) in [6.07, 6.45) is 4.19. The maximum absolute atomic E-state index is 11.2. The second-order valence-corrected chi connectivity index (χ2v) is 8.51. The first-order chi connectivity index (χ1) is 13.5. The molecule has 0 fully saturated rings. The number of hydrogen-bond acceptors (Lipinski definition) is 4. The number of nitrogens with one attached hydrogen (secondary N) is 2. The number of hydrogen-bond donors (Lipinski definition) is 2. The average molecular weight is 399 g/mol. The highest BCUT2D eigenvalue weighted by Gasteiger charge is 2.12. The number of aromatic nitrogens is 2. The van der Waals surface area contributed by atoms with Crippen LogP contribution in [0.5, 0.6) is 0 Å². The molecule has 148 valence electrons. The summed E-state index contributed by atoms with van der Waals surface area (Å²) in [5.41, 5.74) is 5.34. The van der Waals surface area contributed by atoms with Gasteiger partial charge in [0.05, 0.1) is 17.6 Å². The summed E-state index contributed by atoms with van der Waals surface area (Å²) in [5, 5.41) is 8.10. The van der Waals surface area contributed by atoms with E-state index in [1.165, 1.54) is 5.56 Å². The summed E-state index contributed by atoms with van der Waals surface area (Å²) in [4.78, 5) is 0. The lowest BCUT2D eigenvalue weighted by molar-refractivity contribution is 0.582. The minimum absolute atomic E-state index is 0.353. The molecule has 0 spiro atoms. The molecule has 0 amide bonds. The van der Waals surface area contributed by atoms with Crippen molar-refractivity contribution in [1.82, 2.24) is 19.8 Å². The van der Waals surface area contributed by atoms with E-state index in [4.69, 9.17) is 5.10 Å². The number of sulfonamides is 1. The molecule has 2 N–H and O–H groups in total. The van der Waals surface area contributed by atoms with E-state index in [2.05, 4.69) is 41.2 Å². The van der Waals surface area contributed by atoms with Crippen LogP contribution in [-0.2, 0) is 23.0 Å². The third-order valence-corrected chi connectivity index (χ3v) is 5.16. The minimum Gasteiger partial charge on any atom is -0.311 e. The van der Waals surface area contributed by atoms with Crippen molar-refractivity contribution in [3.05, 3.63) is 71.9 Å². The van der Waals surface area contributed by atoms with E-state index >= 15 is 0 Å². The largest absolute Gasteiger partial charge is 0.311 e. The lowest BCUT2D eigenvalue weighted by atomic mass is 10.1. The molecule has 0 saturated carbocycles. The van der Waals surface area contributed by atoms with Gasteiger partial charge in [0, 0.05) is 37.0 Å². The molecule has 0 aliphatic rings. The summed E-state index contributed by atoms with van der Waals surface area (Å²) < 4.78 is 26.7. The van der Waals surface area contributed by atoms with Crippen molar-refractivity contribution < 1.29 is 8.42 Å². The lowest BCUT2D eigenvalue weighted by Gasteiger charge is -2.06. The molecule has 28 heavy (non-hydrogen) atoms. The quantitative estimate of drug-likeness (QED) is 0.544. The van der Waals surface area contributed by atoms with Crippen molar-refractivity contribution >= 4 is 10.0 Å². The van der Waals surface area contributed by atoms with Crippen LogP contribution < -0.4 is 10.0 Å². The monoisotopic (exact) mass is 398 g/mol. The summed E-state index contributed by atoms with van der Waals surface area (Å²) in [6.45, 7) is 3.63. The molecule has 3 aromatic rings. The van der Waals surface area contributed by atoms with Crippen molar-refractivity contribution in [3.8, 4) is 16.9 Å². The van der Waals surface area contributed by atoms with Crippen molar-refractivity contribution in [1.29, 1.82) is 0 Å². The van der Waals surface area contributed by atoms with Gasteiger partial charge < -0.3 is 5.32 Å². The van der Waals surface area contributed by atoms with Crippen LogP contribution >= 0.6 is 0 Å². The Kier molecular flexibility index (Phi) is 6.61. The van der Waals surface area contributed by atoms with Gasteiger partial charge in [-0.3, -0.25) is 0 Å². The molecular formula is C21H26N4O2S. The molecule has 0 bridgehead atoms. The van der Waals surface area contributed by atoms with E-state index in [0.717, 1.165) is 35.2 Å². The van der Waals surface area contributed by atoms with Crippen LogP contribution in [0, 0.1) is 0 Å². The minimum atomic E-state index is -3.17. The van der Waals surface area contributed by atoms with Crippen LogP contribution in [0.25, 0.3) is 16.9 Å². The van der Waals surface area contributed by atoms with E-state index < -0.39 is 10.0 Å². The van der Waals surface area contributed by atoms with Gasteiger partial charge in [-0.25, -0.2) is 17.8 Å². The summed E-state index contributed by atoms with van der Waals surface area (Å²) in [6, 6.07) is 18.5. The van der Waals surface area contributed by atoms with Gasteiger partial charge in [-0.05, 0) is 24.1 Å². The molecule has 0 atom stereocenters. The van der Waals surface area contributed by atoms with Gasteiger partial charge >= 0.3 is 0 Å². The summed E-state index contributed by atoms with van der Waals surface area (Å²) in [5.74, 6) is 0. The third kappa shape index (κ3) is 5.51. The first-order valence-electron chi connectivity index (χ1n) is 9.35. The van der Waals surface area contributed by atoms with Gasteiger partial charge in [0.2, 0.25) is 10.0 Å². The van der Waals surface area contributed by atoms with E-state index in [0.29, 0.717) is 19.6 Å². The Morgan fingerprint density at radius 2 is 1.71 bits per heavy atom. The van der Waals surface area contributed by atoms with E-state index in [1.807, 2.05) is 41.2 Å². The Balaban J connectivity index is 1.80. The highest BCUT2D eigenvalue weighted by Crippen LogP contribution is 2.24. The van der Waals surface area contributed by atoms with E-state index in [1.54, 1.807) is 0 Å². The average Bonchev–Trinajstić information content (AvgIpc) is 3.12. The molecule has 0 unspecified atom stereocenters. The van der Waals surface area contributed by atoms with Crippen molar-refractivity contribution in [2.75, 3.05) is 19.3 Å². The number of aryl methyl sites for hydroxylation is 1. The summed E-state index contributed by atoms with van der Waals surface area (Å²) in [7, 11) is -3.17. The van der Waals surface area contributed by atoms with Crippen LogP contribution in [0.4, 0.5) is 0 Å².